The first-order valence-electron chi connectivity index (χ1n) is 10.3. The van der Waals surface area contributed by atoms with E-state index in [-0.39, 0.29) is 6.04 Å². The van der Waals surface area contributed by atoms with Gasteiger partial charge in [0, 0.05) is 32.2 Å². The monoisotopic (exact) mass is 434 g/mol. The van der Waals surface area contributed by atoms with Crippen LogP contribution >= 0.6 is 11.6 Å². The van der Waals surface area contributed by atoms with Crippen LogP contribution in [0.4, 0.5) is 0 Å². The molecular formula is C23H31ClN2O4. The summed E-state index contributed by atoms with van der Waals surface area (Å²) in [7, 11) is 3.29. The van der Waals surface area contributed by atoms with E-state index in [2.05, 4.69) is 22.3 Å². The largest absolute Gasteiger partial charge is 0.497 e. The fraction of sp³-hybridized carbons (Fsp3) is 0.478. The van der Waals surface area contributed by atoms with Crippen molar-refractivity contribution in [3.05, 3.63) is 52.5 Å². The van der Waals surface area contributed by atoms with Crippen molar-refractivity contribution in [2.45, 2.75) is 19.5 Å². The number of morpholine rings is 1. The van der Waals surface area contributed by atoms with Gasteiger partial charge in [0.1, 0.15) is 5.75 Å². The number of hydrogen-bond acceptors (Lipinski definition) is 6. The summed E-state index contributed by atoms with van der Waals surface area (Å²) in [5.41, 5.74) is 2.31. The van der Waals surface area contributed by atoms with Gasteiger partial charge in [0.05, 0.1) is 39.1 Å². The third-order valence-corrected chi connectivity index (χ3v) is 5.51. The number of nitrogens with zero attached hydrogens (tertiary/aromatic N) is 1. The number of ether oxygens (including phenoxy) is 4. The van der Waals surface area contributed by atoms with E-state index in [0.717, 1.165) is 44.2 Å². The molecule has 1 heterocycles. The van der Waals surface area contributed by atoms with E-state index in [9.17, 15) is 0 Å². The second-order valence-corrected chi connectivity index (χ2v) is 7.52. The number of hydrogen-bond donors (Lipinski definition) is 1. The average Bonchev–Trinajstić information content (AvgIpc) is 2.78. The van der Waals surface area contributed by atoms with Crippen LogP contribution in [0.15, 0.2) is 36.4 Å². The first kappa shape index (κ1) is 22.7. The highest BCUT2D eigenvalue weighted by Crippen LogP contribution is 2.36. The van der Waals surface area contributed by atoms with Gasteiger partial charge >= 0.3 is 0 Å². The molecule has 1 fully saturated rings. The second kappa shape index (κ2) is 11.4. The van der Waals surface area contributed by atoms with Crippen molar-refractivity contribution >= 4 is 11.6 Å². The zero-order valence-electron chi connectivity index (χ0n) is 17.9. The smallest absolute Gasteiger partial charge is 0.179 e. The van der Waals surface area contributed by atoms with E-state index in [4.69, 9.17) is 30.5 Å². The van der Waals surface area contributed by atoms with Gasteiger partial charge in [-0.2, -0.15) is 0 Å². The third kappa shape index (κ3) is 5.79. The van der Waals surface area contributed by atoms with Crippen LogP contribution in [-0.4, -0.2) is 58.6 Å². The van der Waals surface area contributed by atoms with Gasteiger partial charge in [0.2, 0.25) is 0 Å². The van der Waals surface area contributed by atoms with Crippen LogP contribution in [0.1, 0.15) is 24.1 Å². The van der Waals surface area contributed by atoms with Crippen LogP contribution in [0.25, 0.3) is 0 Å². The van der Waals surface area contributed by atoms with E-state index in [0.29, 0.717) is 29.7 Å². The second-order valence-electron chi connectivity index (χ2n) is 7.11. The van der Waals surface area contributed by atoms with Crippen LogP contribution in [0.2, 0.25) is 5.02 Å². The van der Waals surface area contributed by atoms with Crippen molar-refractivity contribution < 1.29 is 18.9 Å². The zero-order chi connectivity index (χ0) is 21.3. The van der Waals surface area contributed by atoms with Gasteiger partial charge in [0.25, 0.3) is 0 Å². The Balaban J connectivity index is 1.70. The summed E-state index contributed by atoms with van der Waals surface area (Å²) in [4.78, 5) is 2.46. The zero-order valence-corrected chi connectivity index (χ0v) is 18.7. The van der Waals surface area contributed by atoms with Crippen LogP contribution < -0.4 is 19.5 Å². The van der Waals surface area contributed by atoms with Crippen LogP contribution in [0.5, 0.6) is 17.2 Å². The summed E-state index contributed by atoms with van der Waals surface area (Å²) in [6.07, 6.45) is 0. The Morgan fingerprint density at radius 2 is 1.83 bits per heavy atom. The van der Waals surface area contributed by atoms with Gasteiger partial charge in [-0.3, -0.25) is 4.90 Å². The minimum atomic E-state index is 0.250. The number of halogens is 1. The highest BCUT2D eigenvalue weighted by atomic mass is 35.5. The fourth-order valence-corrected chi connectivity index (χ4v) is 4.02. The fourth-order valence-electron chi connectivity index (χ4n) is 3.71. The highest BCUT2D eigenvalue weighted by Gasteiger charge is 2.22. The molecule has 1 saturated heterocycles. The molecule has 0 aromatic heterocycles. The van der Waals surface area contributed by atoms with E-state index in [1.54, 1.807) is 14.2 Å². The van der Waals surface area contributed by atoms with E-state index < -0.39 is 0 Å². The molecule has 6 nitrogen and oxygen atoms in total. The number of benzene rings is 2. The van der Waals surface area contributed by atoms with Crippen molar-refractivity contribution in [3.63, 3.8) is 0 Å². The Morgan fingerprint density at radius 3 is 2.47 bits per heavy atom. The Hall–Kier alpha value is -1.99. The maximum Gasteiger partial charge on any atom is 0.179 e. The first-order chi connectivity index (χ1) is 14.7. The number of rotatable bonds is 10. The van der Waals surface area contributed by atoms with Crippen LogP contribution in [0.3, 0.4) is 0 Å². The molecule has 0 spiro atoms. The van der Waals surface area contributed by atoms with Crippen molar-refractivity contribution in [2.75, 3.05) is 53.7 Å². The summed E-state index contributed by atoms with van der Waals surface area (Å²) >= 11 is 6.39. The lowest BCUT2D eigenvalue weighted by atomic mass is 10.0. The Kier molecular flexibility index (Phi) is 8.63. The van der Waals surface area contributed by atoms with Crippen molar-refractivity contribution in [1.82, 2.24) is 10.2 Å². The topological polar surface area (TPSA) is 52.2 Å². The van der Waals surface area contributed by atoms with Crippen LogP contribution in [0, 0.1) is 0 Å². The van der Waals surface area contributed by atoms with Gasteiger partial charge in [-0.1, -0.05) is 23.7 Å². The molecule has 0 aliphatic carbocycles. The van der Waals surface area contributed by atoms with Gasteiger partial charge in [0.15, 0.2) is 11.5 Å². The average molecular weight is 435 g/mol. The summed E-state index contributed by atoms with van der Waals surface area (Å²) in [5.74, 6) is 2.11. The Morgan fingerprint density at radius 1 is 1.10 bits per heavy atom. The van der Waals surface area contributed by atoms with E-state index >= 15 is 0 Å². The first-order valence-corrected chi connectivity index (χ1v) is 10.7. The van der Waals surface area contributed by atoms with Gasteiger partial charge in [-0.25, -0.2) is 0 Å². The van der Waals surface area contributed by atoms with Crippen molar-refractivity contribution in [2.24, 2.45) is 0 Å². The molecule has 30 heavy (non-hydrogen) atoms. The molecule has 7 heteroatoms. The summed E-state index contributed by atoms with van der Waals surface area (Å²) in [6, 6.07) is 12.5. The predicted molar refractivity (Wildman–Crippen MR) is 119 cm³/mol. The van der Waals surface area contributed by atoms with E-state index in [1.807, 2.05) is 31.2 Å². The number of methoxy groups -OCH3 is 2. The molecule has 0 bridgehead atoms. The highest BCUT2D eigenvalue weighted by molar-refractivity contribution is 6.32. The Bertz CT molecular complexity index is 795. The Labute approximate surface area is 184 Å². The van der Waals surface area contributed by atoms with Gasteiger partial charge in [-0.15, -0.1) is 0 Å². The molecule has 1 atom stereocenters. The third-order valence-electron chi connectivity index (χ3n) is 5.23. The van der Waals surface area contributed by atoms with Crippen molar-refractivity contribution in [3.8, 4) is 17.2 Å². The lowest BCUT2D eigenvalue weighted by Gasteiger charge is -2.35. The molecule has 2 aromatic carbocycles. The minimum absolute atomic E-state index is 0.250. The molecule has 0 saturated carbocycles. The lowest BCUT2D eigenvalue weighted by molar-refractivity contribution is 0.0161. The quantitative estimate of drug-likeness (QED) is 0.611. The number of nitrogens with one attached hydrogen (secondary N) is 1. The molecular weight excluding hydrogens is 404 g/mol. The standard InChI is InChI=1S/C23H31ClN2O4/c1-4-30-22-14-17(13-20(24)23(22)28-3)15-25-16-21(26-9-11-29-12-10-26)18-5-7-19(27-2)8-6-18/h5-8,13-14,21,25H,4,9-12,15-16H2,1-3H3/t21-/m0/s1. The molecule has 164 valence electrons. The molecule has 2 aromatic rings. The molecule has 1 N–H and O–H groups in total. The molecule has 0 amide bonds. The SMILES string of the molecule is CCOc1cc(CNC[C@@H](c2ccc(OC)cc2)N2CCOCC2)cc(Cl)c1OC. The summed E-state index contributed by atoms with van der Waals surface area (Å²) in [6.45, 7) is 7.35. The summed E-state index contributed by atoms with van der Waals surface area (Å²) < 4.78 is 21.9. The lowest BCUT2D eigenvalue weighted by Crippen LogP contribution is -2.42. The van der Waals surface area contributed by atoms with Crippen molar-refractivity contribution in [1.29, 1.82) is 0 Å². The summed E-state index contributed by atoms with van der Waals surface area (Å²) in [5, 5.41) is 4.15. The molecule has 3 rings (SSSR count). The van der Waals surface area contributed by atoms with Gasteiger partial charge < -0.3 is 24.3 Å². The normalized spacial score (nSPS) is 15.6. The molecule has 0 unspecified atom stereocenters. The molecule has 1 aliphatic heterocycles. The van der Waals surface area contributed by atoms with E-state index in [1.165, 1.54) is 5.56 Å². The molecule has 1 aliphatic rings. The van der Waals surface area contributed by atoms with Gasteiger partial charge in [-0.05, 0) is 42.3 Å². The minimum Gasteiger partial charge on any atom is -0.497 e. The maximum absolute atomic E-state index is 6.39. The predicted octanol–water partition coefficient (Wildman–Crippen LogP) is 3.92. The maximum atomic E-state index is 6.39. The molecule has 0 radical (unpaired) electrons. The van der Waals surface area contributed by atoms with Crippen LogP contribution in [-0.2, 0) is 11.3 Å².